The van der Waals surface area contributed by atoms with Crippen molar-refractivity contribution >= 4 is 5.97 Å². The van der Waals surface area contributed by atoms with Crippen LogP contribution in [0.4, 0.5) is 0 Å². The Kier molecular flexibility index (Phi) is 2.06. The average molecular weight is 142 g/mol. The standard InChI is InChI=1S/C7H10O3/c1-2-6-3-5(8)4-7(9)10-6/h2,5-6,8H,1,3-4H2. The van der Waals surface area contributed by atoms with E-state index in [4.69, 9.17) is 9.84 Å². The number of esters is 1. The third-order valence-corrected chi connectivity index (χ3v) is 1.45. The van der Waals surface area contributed by atoms with E-state index in [9.17, 15) is 4.79 Å². The fraction of sp³-hybridized carbons (Fsp3) is 0.571. The maximum atomic E-state index is 10.6. The van der Waals surface area contributed by atoms with Crippen molar-refractivity contribution in [1.82, 2.24) is 0 Å². The molecule has 0 bridgehead atoms. The van der Waals surface area contributed by atoms with Gasteiger partial charge in [0.1, 0.15) is 6.10 Å². The Morgan fingerprint density at radius 2 is 2.50 bits per heavy atom. The zero-order valence-corrected chi connectivity index (χ0v) is 5.62. The lowest BCUT2D eigenvalue weighted by molar-refractivity contribution is -0.156. The number of cyclic esters (lactones) is 1. The highest BCUT2D eigenvalue weighted by Crippen LogP contribution is 2.14. The van der Waals surface area contributed by atoms with Crippen molar-refractivity contribution < 1.29 is 14.6 Å². The number of carbonyl (C=O) groups is 1. The zero-order chi connectivity index (χ0) is 7.56. The van der Waals surface area contributed by atoms with Gasteiger partial charge in [0.15, 0.2) is 0 Å². The van der Waals surface area contributed by atoms with Gasteiger partial charge in [0, 0.05) is 6.42 Å². The number of aliphatic hydroxyl groups excluding tert-OH is 1. The minimum Gasteiger partial charge on any atom is -0.458 e. The van der Waals surface area contributed by atoms with Gasteiger partial charge in [0.25, 0.3) is 0 Å². The fourth-order valence-corrected chi connectivity index (χ4v) is 0.953. The summed E-state index contributed by atoms with van der Waals surface area (Å²) >= 11 is 0. The van der Waals surface area contributed by atoms with E-state index in [1.165, 1.54) is 6.08 Å². The molecule has 2 unspecified atom stereocenters. The summed E-state index contributed by atoms with van der Waals surface area (Å²) in [6, 6.07) is 0. The Morgan fingerprint density at radius 3 is 3.00 bits per heavy atom. The molecule has 0 aliphatic carbocycles. The lowest BCUT2D eigenvalue weighted by atomic mass is 10.1. The van der Waals surface area contributed by atoms with Gasteiger partial charge in [0.05, 0.1) is 12.5 Å². The van der Waals surface area contributed by atoms with Crippen molar-refractivity contribution in [3.05, 3.63) is 12.7 Å². The summed E-state index contributed by atoms with van der Waals surface area (Å²) in [5.74, 6) is -0.344. The van der Waals surface area contributed by atoms with E-state index in [-0.39, 0.29) is 18.5 Å². The molecule has 0 aromatic heterocycles. The molecular weight excluding hydrogens is 132 g/mol. The Balaban J connectivity index is 2.50. The van der Waals surface area contributed by atoms with Crippen LogP contribution >= 0.6 is 0 Å². The van der Waals surface area contributed by atoms with Gasteiger partial charge < -0.3 is 9.84 Å². The second-order valence-electron chi connectivity index (χ2n) is 2.36. The van der Waals surface area contributed by atoms with Gasteiger partial charge in [-0.1, -0.05) is 12.7 Å². The highest BCUT2D eigenvalue weighted by atomic mass is 16.5. The summed E-state index contributed by atoms with van der Waals surface area (Å²) < 4.78 is 4.79. The van der Waals surface area contributed by atoms with Gasteiger partial charge in [-0.2, -0.15) is 0 Å². The summed E-state index contributed by atoms with van der Waals surface area (Å²) in [5.41, 5.74) is 0. The van der Waals surface area contributed by atoms with Gasteiger partial charge in [0.2, 0.25) is 0 Å². The van der Waals surface area contributed by atoms with Crippen LogP contribution in [0.15, 0.2) is 12.7 Å². The van der Waals surface area contributed by atoms with Crippen LogP contribution in [0, 0.1) is 0 Å². The molecule has 0 saturated carbocycles. The molecule has 10 heavy (non-hydrogen) atoms. The molecule has 56 valence electrons. The Labute approximate surface area is 59.3 Å². The van der Waals surface area contributed by atoms with Crippen LogP contribution in [-0.4, -0.2) is 23.3 Å². The first-order chi connectivity index (χ1) is 4.72. The predicted octanol–water partition coefficient (Wildman–Crippen LogP) is 0.239. The first-order valence-electron chi connectivity index (χ1n) is 3.22. The summed E-state index contributed by atoms with van der Waals surface area (Å²) in [6.07, 6.45) is 1.28. The van der Waals surface area contributed by atoms with Gasteiger partial charge >= 0.3 is 5.97 Å². The van der Waals surface area contributed by atoms with Gasteiger partial charge in [-0.25, -0.2) is 0 Å². The lowest BCUT2D eigenvalue weighted by Gasteiger charge is -2.22. The monoisotopic (exact) mass is 142 g/mol. The van der Waals surface area contributed by atoms with Crippen molar-refractivity contribution in [2.75, 3.05) is 0 Å². The van der Waals surface area contributed by atoms with Crippen LogP contribution in [0.1, 0.15) is 12.8 Å². The molecule has 1 saturated heterocycles. The average Bonchev–Trinajstić information content (AvgIpc) is 1.85. The van der Waals surface area contributed by atoms with Gasteiger partial charge in [-0.15, -0.1) is 0 Å². The summed E-state index contributed by atoms with van der Waals surface area (Å²) in [7, 11) is 0. The van der Waals surface area contributed by atoms with E-state index in [0.717, 1.165) is 0 Å². The molecule has 0 aromatic rings. The lowest BCUT2D eigenvalue weighted by Crippen LogP contribution is -2.31. The molecule has 0 amide bonds. The predicted molar refractivity (Wildman–Crippen MR) is 35.3 cm³/mol. The maximum absolute atomic E-state index is 10.6. The molecule has 3 nitrogen and oxygen atoms in total. The van der Waals surface area contributed by atoms with E-state index in [1.807, 2.05) is 0 Å². The quantitative estimate of drug-likeness (QED) is 0.421. The van der Waals surface area contributed by atoms with Crippen LogP contribution < -0.4 is 0 Å². The Hall–Kier alpha value is -0.830. The Bertz CT molecular complexity index is 153. The van der Waals surface area contributed by atoms with E-state index in [0.29, 0.717) is 6.42 Å². The number of rotatable bonds is 1. The number of hydrogen-bond acceptors (Lipinski definition) is 3. The van der Waals surface area contributed by atoms with E-state index < -0.39 is 6.10 Å². The molecule has 3 heteroatoms. The number of hydrogen-bond donors (Lipinski definition) is 1. The highest BCUT2D eigenvalue weighted by Gasteiger charge is 2.24. The minimum absolute atomic E-state index is 0.115. The second-order valence-corrected chi connectivity index (χ2v) is 2.36. The molecule has 1 fully saturated rings. The molecule has 0 aromatic carbocycles. The second kappa shape index (κ2) is 2.84. The normalized spacial score (nSPS) is 33.1. The summed E-state index contributed by atoms with van der Waals surface area (Å²) in [5, 5.41) is 9.03. The topological polar surface area (TPSA) is 46.5 Å². The van der Waals surface area contributed by atoms with Crippen LogP contribution in [-0.2, 0) is 9.53 Å². The van der Waals surface area contributed by atoms with Crippen molar-refractivity contribution in [1.29, 1.82) is 0 Å². The maximum Gasteiger partial charge on any atom is 0.309 e. The number of aliphatic hydroxyl groups is 1. The smallest absolute Gasteiger partial charge is 0.309 e. The van der Waals surface area contributed by atoms with Gasteiger partial charge in [-0.3, -0.25) is 4.79 Å². The molecule has 1 aliphatic heterocycles. The van der Waals surface area contributed by atoms with Crippen LogP contribution in [0.5, 0.6) is 0 Å². The molecule has 1 heterocycles. The number of ether oxygens (including phenoxy) is 1. The van der Waals surface area contributed by atoms with E-state index in [1.54, 1.807) is 0 Å². The van der Waals surface area contributed by atoms with Gasteiger partial charge in [-0.05, 0) is 0 Å². The minimum atomic E-state index is -0.552. The zero-order valence-electron chi connectivity index (χ0n) is 5.62. The summed E-state index contributed by atoms with van der Waals surface area (Å²) in [4.78, 5) is 10.6. The first-order valence-corrected chi connectivity index (χ1v) is 3.22. The highest BCUT2D eigenvalue weighted by molar-refractivity contribution is 5.71. The van der Waals surface area contributed by atoms with Crippen molar-refractivity contribution in [2.24, 2.45) is 0 Å². The van der Waals surface area contributed by atoms with Crippen molar-refractivity contribution in [2.45, 2.75) is 25.0 Å². The third kappa shape index (κ3) is 1.57. The number of carbonyl (C=O) groups excluding carboxylic acids is 1. The molecule has 0 spiro atoms. The van der Waals surface area contributed by atoms with Crippen molar-refractivity contribution in [3.8, 4) is 0 Å². The van der Waals surface area contributed by atoms with Crippen LogP contribution in [0.2, 0.25) is 0 Å². The fourth-order valence-electron chi connectivity index (χ4n) is 0.953. The first kappa shape index (κ1) is 7.28. The largest absolute Gasteiger partial charge is 0.458 e. The molecule has 1 aliphatic rings. The Morgan fingerprint density at radius 1 is 1.80 bits per heavy atom. The van der Waals surface area contributed by atoms with Crippen LogP contribution in [0.25, 0.3) is 0 Å². The molecule has 1 N–H and O–H groups in total. The van der Waals surface area contributed by atoms with E-state index in [2.05, 4.69) is 6.58 Å². The molecular formula is C7H10O3. The molecule has 0 radical (unpaired) electrons. The SMILES string of the molecule is C=CC1CC(O)CC(=O)O1. The van der Waals surface area contributed by atoms with Crippen LogP contribution in [0.3, 0.4) is 0 Å². The third-order valence-electron chi connectivity index (χ3n) is 1.45. The summed E-state index contributed by atoms with van der Waals surface area (Å²) in [6.45, 7) is 3.46. The van der Waals surface area contributed by atoms with E-state index >= 15 is 0 Å². The molecule has 2 atom stereocenters. The molecule has 1 rings (SSSR count). The van der Waals surface area contributed by atoms with Crippen molar-refractivity contribution in [3.63, 3.8) is 0 Å².